The zero-order valence-electron chi connectivity index (χ0n) is 16.1. The van der Waals surface area contributed by atoms with Crippen molar-refractivity contribution in [3.8, 4) is 0 Å². The van der Waals surface area contributed by atoms with Gasteiger partial charge in [0.25, 0.3) is 5.91 Å². The lowest BCUT2D eigenvalue weighted by Crippen LogP contribution is -2.23. The molecule has 2 amide bonds. The molecule has 0 saturated carbocycles. The van der Waals surface area contributed by atoms with Crippen molar-refractivity contribution in [2.75, 3.05) is 17.3 Å². The molecule has 0 aliphatic carbocycles. The van der Waals surface area contributed by atoms with Gasteiger partial charge in [-0.1, -0.05) is 11.3 Å². The molecule has 2 N–H and O–H groups in total. The molecule has 0 unspecified atom stereocenters. The topological polar surface area (TPSA) is 121 Å². The minimum absolute atomic E-state index is 0.0353. The number of likely N-dealkylation sites (N-methyl/N-ethyl adjacent to an activating group) is 1. The number of sulfonamides is 1. The van der Waals surface area contributed by atoms with E-state index in [-0.39, 0.29) is 28.8 Å². The molecule has 0 fully saturated rings. The zero-order valence-corrected chi connectivity index (χ0v) is 17.8. The Morgan fingerprint density at radius 1 is 1.19 bits per heavy atom. The number of hydrogen-bond donors (Lipinski definition) is 2. The number of halogens is 1. The second-order valence-corrected chi connectivity index (χ2v) is 9.54. The molecule has 1 aliphatic rings. The molecule has 0 saturated heterocycles. The van der Waals surface area contributed by atoms with E-state index in [9.17, 15) is 22.4 Å². The van der Waals surface area contributed by atoms with Gasteiger partial charge < -0.3 is 10.2 Å². The fourth-order valence-electron chi connectivity index (χ4n) is 2.99. The van der Waals surface area contributed by atoms with Crippen LogP contribution in [0.3, 0.4) is 0 Å². The Morgan fingerprint density at radius 3 is 2.68 bits per heavy atom. The van der Waals surface area contributed by atoms with Crippen LogP contribution in [-0.4, -0.2) is 37.5 Å². The van der Waals surface area contributed by atoms with Crippen LogP contribution in [0.1, 0.15) is 20.4 Å². The predicted octanol–water partition coefficient (Wildman–Crippen LogP) is 1.93. The second-order valence-electron chi connectivity index (χ2n) is 6.71. The number of nitrogens with one attached hydrogen (secondary N) is 2. The number of fused-ring (bicyclic) bond motifs is 1. The molecule has 1 aliphatic heterocycles. The van der Waals surface area contributed by atoms with Crippen molar-refractivity contribution in [1.29, 1.82) is 0 Å². The van der Waals surface area contributed by atoms with Gasteiger partial charge in [0.2, 0.25) is 20.9 Å². The maximum atomic E-state index is 12.9. The van der Waals surface area contributed by atoms with Crippen molar-refractivity contribution in [2.45, 2.75) is 17.9 Å². The Morgan fingerprint density at radius 2 is 1.94 bits per heavy atom. The summed E-state index contributed by atoms with van der Waals surface area (Å²) >= 11 is 0.933. The number of rotatable bonds is 6. The van der Waals surface area contributed by atoms with Gasteiger partial charge in [-0.15, -0.1) is 10.2 Å². The average molecular weight is 462 g/mol. The zero-order chi connectivity index (χ0) is 22.2. The first-order valence-electron chi connectivity index (χ1n) is 9.01. The molecule has 3 aromatic rings. The highest BCUT2D eigenvalue weighted by Crippen LogP contribution is 2.29. The molecule has 0 spiro atoms. The van der Waals surface area contributed by atoms with E-state index in [2.05, 4.69) is 20.2 Å². The molecule has 4 rings (SSSR count). The third-order valence-corrected chi connectivity index (χ3v) is 6.94. The van der Waals surface area contributed by atoms with Crippen molar-refractivity contribution in [3.63, 3.8) is 0 Å². The summed E-state index contributed by atoms with van der Waals surface area (Å²) in [5, 5.41) is 10.5. The van der Waals surface area contributed by atoms with Crippen LogP contribution in [0.2, 0.25) is 0 Å². The number of benzene rings is 2. The Hall–Kier alpha value is -3.22. The average Bonchev–Trinajstić information content (AvgIpc) is 3.33. The van der Waals surface area contributed by atoms with Gasteiger partial charge in [-0.2, -0.15) is 0 Å². The van der Waals surface area contributed by atoms with Gasteiger partial charge in [-0.25, -0.2) is 17.5 Å². The van der Waals surface area contributed by atoms with E-state index in [1.807, 2.05) is 0 Å². The molecular formula is C19H16FN5O4S2. The first kappa shape index (κ1) is 21.0. The molecule has 0 atom stereocenters. The number of carbonyl (C=O) groups is 2. The summed E-state index contributed by atoms with van der Waals surface area (Å²) in [6.07, 6.45) is 0.151. The number of amides is 2. The van der Waals surface area contributed by atoms with Gasteiger partial charge >= 0.3 is 0 Å². The summed E-state index contributed by atoms with van der Waals surface area (Å²) < 4.78 is 40.6. The number of hydrogen-bond acceptors (Lipinski definition) is 7. The number of aromatic nitrogens is 2. The molecule has 12 heteroatoms. The highest BCUT2D eigenvalue weighted by molar-refractivity contribution is 7.89. The van der Waals surface area contributed by atoms with Crippen LogP contribution in [0.25, 0.3) is 0 Å². The highest BCUT2D eigenvalue weighted by Gasteiger charge is 2.26. The fourth-order valence-corrected chi connectivity index (χ4v) is 4.79. The van der Waals surface area contributed by atoms with E-state index in [1.165, 1.54) is 41.3 Å². The molecule has 31 heavy (non-hydrogen) atoms. The van der Waals surface area contributed by atoms with Gasteiger partial charge in [0.1, 0.15) is 10.8 Å². The van der Waals surface area contributed by atoms with Gasteiger partial charge in [0.15, 0.2) is 0 Å². The molecule has 2 aromatic carbocycles. The SMILES string of the molecule is CN1C(=O)Cc2cc(S(=O)(=O)NCc3nnc(C(=O)Nc4ccc(F)cc4)s3)ccc21. The Bertz CT molecular complexity index is 1270. The van der Waals surface area contributed by atoms with E-state index < -0.39 is 21.7 Å². The summed E-state index contributed by atoms with van der Waals surface area (Å²) in [7, 11) is -2.22. The molecule has 0 radical (unpaired) electrons. The van der Waals surface area contributed by atoms with Gasteiger partial charge in [-0.3, -0.25) is 9.59 Å². The van der Waals surface area contributed by atoms with Crippen molar-refractivity contribution in [1.82, 2.24) is 14.9 Å². The van der Waals surface area contributed by atoms with E-state index >= 15 is 0 Å². The molecule has 1 aromatic heterocycles. The summed E-state index contributed by atoms with van der Waals surface area (Å²) in [6.45, 7) is -0.153. The standard InChI is InChI=1S/C19H16FN5O4S2/c1-25-15-7-6-14(8-11(15)9-17(25)26)31(28,29)21-10-16-23-24-19(30-16)18(27)22-13-4-2-12(20)3-5-13/h2-8,21H,9-10H2,1H3,(H,22,27). The summed E-state index contributed by atoms with van der Waals surface area (Å²) in [5.41, 5.74) is 1.72. The minimum Gasteiger partial charge on any atom is -0.320 e. The summed E-state index contributed by atoms with van der Waals surface area (Å²) in [5.74, 6) is -1.06. The largest absolute Gasteiger partial charge is 0.320 e. The molecule has 9 nitrogen and oxygen atoms in total. The first-order valence-corrected chi connectivity index (χ1v) is 11.3. The maximum absolute atomic E-state index is 12.9. The normalized spacial score (nSPS) is 13.4. The van der Waals surface area contributed by atoms with Crippen LogP contribution < -0.4 is 14.9 Å². The van der Waals surface area contributed by atoms with Crippen LogP contribution >= 0.6 is 11.3 Å². The Labute approximate surface area is 181 Å². The van der Waals surface area contributed by atoms with E-state index in [0.717, 1.165) is 11.3 Å². The summed E-state index contributed by atoms with van der Waals surface area (Å²) in [4.78, 5) is 25.5. The molecular weight excluding hydrogens is 445 g/mol. The third kappa shape index (κ3) is 4.45. The van der Waals surface area contributed by atoms with E-state index in [1.54, 1.807) is 13.1 Å². The fraction of sp³-hybridized carbons (Fsp3) is 0.158. The lowest BCUT2D eigenvalue weighted by Gasteiger charge is -2.11. The van der Waals surface area contributed by atoms with Gasteiger partial charge in [-0.05, 0) is 48.0 Å². The Kier molecular flexibility index (Phi) is 5.52. The third-order valence-electron chi connectivity index (χ3n) is 4.61. The van der Waals surface area contributed by atoms with Gasteiger partial charge in [0, 0.05) is 18.4 Å². The van der Waals surface area contributed by atoms with Crippen LogP contribution in [-0.2, 0) is 27.8 Å². The van der Waals surface area contributed by atoms with Crippen molar-refractivity contribution < 1.29 is 22.4 Å². The lowest BCUT2D eigenvalue weighted by molar-refractivity contribution is -0.117. The number of anilines is 2. The maximum Gasteiger partial charge on any atom is 0.286 e. The number of carbonyl (C=O) groups excluding carboxylic acids is 2. The molecule has 2 heterocycles. The summed E-state index contributed by atoms with van der Waals surface area (Å²) in [6, 6.07) is 9.73. The van der Waals surface area contributed by atoms with Crippen LogP contribution in [0.15, 0.2) is 47.4 Å². The second kappa shape index (κ2) is 8.13. The lowest BCUT2D eigenvalue weighted by atomic mass is 10.2. The molecule has 160 valence electrons. The van der Waals surface area contributed by atoms with Crippen LogP contribution in [0.5, 0.6) is 0 Å². The van der Waals surface area contributed by atoms with Gasteiger partial charge in [0.05, 0.1) is 17.9 Å². The first-order chi connectivity index (χ1) is 14.7. The Balaban J connectivity index is 1.41. The van der Waals surface area contributed by atoms with Crippen LogP contribution in [0.4, 0.5) is 15.8 Å². The quantitative estimate of drug-likeness (QED) is 0.579. The highest BCUT2D eigenvalue weighted by atomic mass is 32.2. The molecule has 0 bridgehead atoms. The number of nitrogens with zero attached hydrogens (tertiary/aromatic N) is 3. The van der Waals surface area contributed by atoms with Crippen molar-refractivity contribution >= 4 is 44.5 Å². The smallest absolute Gasteiger partial charge is 0.286 e. The van der Waals surface area contributed by atoms with Crippen molar-refractivity contribution in [3.05, 3.63) is 63.9 Å². The van der Waals surface area contributed by atoms with E-state index in [0.29, 0.717) is 21.9 Å². The van der Waals surface area contributed by atoms with Crippen LogP contribution in [0, 0.1) is 5.82 Å². The van der Waals surface area contributed by atoms with E-state index in [4.69, 9.17) is 0 Å². The minimum atomic E-state index is -3.86. The predicted molar refractivity (Wildman–Crippen MR) is 112 cm³/mol. The monoisotopic (exact) mass is 461 g/mol. The van der Waals surface area contributed by atoms with Crippen molar-refractivity contribution in [2.24, 2.45) is 0 Å².